The zero-order valence-electron chi connectivity index (χ0n) is 10.8. The predicted octanol–water partition coefficient (Wildman–Crippen LogP) is 3.92. The van der Waals surface area contributed by atoms with Gasteiger partial charge in [0, 0.05) is 17.8 Å². The van der Waals surface area contributed by atoms with Gasteiger partial charge in [0.05, 0.1) is 11.8 Å². The van der Waals surface area contributed by atoms with Crippen LogP contribution in [0.2, 0.25) is 0 Å². The third-order valence-electron chi connectivity index (χ3n) is 3.00. The molecule has 1 fully saturated rings. The molecule has 0 saturated heterocycles. The Hall–Kier alpha value is -1.93. The summed E-state index contributed by atoms with van der Waals surface area (Å²) in [5.41, 5.74) is 1.07. The molecule has 2 unspecified atom stereocenters. The Morgan fingerprint density at radius 2 is 1.65 bits per heavy atom. The number of rotatable bonds is 3. The van der Waals surface area contributed by atoms with E-state index in [9.17, 15) is 27.4 Å². The molecule has 4 nitrogen and oxygen atoms in total. The Kier molecular flexibility index (Phi) is 4.85. The van der Waals surface area contributed by atoms with Crippen LogP contribution in [0, 0.1) is 22.0 Å². The van der Waals surface area contributed by atoms with Gasteiger partial charge in [-0.05, 0) is 19.1 Å². The lowest BCUT2D eigenvalue weighted by Gasteiger charge is -1.99. The molecule has 0 aliphatic heterocycles. The monoisotopic (exact) mass is 292 g/mol. The summed E-state index contributed by atoms with van der Waals surface area (Å²) < 4.78 is 39.0. The molecule has 9 heteroatoms. The van der Waals surface area contributed by atoms with Crippen LogP contribution in [0.1, 0.15) is 13.8 Å². The Morgan fingerprint density at radius 1 is 1.25 bits per heavy atom. The van der Waals surface area contributed by atoms with Crippen molar-refractivity contribution in [1.29, 1.82) is 0 Å². The second kappa shape index (κ2) is 6.02. The van der Waals surface area contributed by atoms with Gasteiger partial charge in [-0.3, -0.25) is 10.1 Å². The molecule has 1 aromatic carbocycles. The van der Waals surface area contributed by atoms with Crippen LogP contribution >= 0.6 is 0 Å². The van der Waals surface area contributed by atoms with Crippen molar-refractivity contribution < 1.29 is 22.2 Å². The van der Waals surface area contributed by atoms with Crippen LogP contribution < -0.4 is 5.32 Å². The summed E-state index contributed by atoms with van der Waals surface area (Å²) in [6.07, 6.45) is 0. The lowest BCUT2D eigenvalue weighted by atomic mass is 10.3. The Balaban J connectivity index is 0.000000347. The lowest BCUT2D eigenvalue weighted by Crippen LogP contribution is -2.04. The van der Waals surface area contributed by atoms with Gasteiger partial charge in [-0.2, -0.15) is 0 Å². The van der Waals surface area contributed by atoms with Crippen molar-refractivity contribution in [2.75, 3.05) is 5.32 Å². The van der Waals surface area contributed by atoms with Crippen LogP contribution in [0.15, 0.2) is 24.3 Å². The number of benzene rings is 1. The third-order valence-corrected chi connectivity index (χ3v) is 3.00. The SMILES string of the molecule is C[C+]1C(C)C1Nc1ccc([N+](=O)[O-])cc1.F[B-](F)(F)F. The van der Waals surface area contributed by atoms with E-state index in [4.69, 9.17) is 0 Å². The van der Waals surface area contributed by atoms with Gasteiger partial charge in [0.15, 0.2) is 5.92 Å². The molecule has 0 heterocycles. The van der Waals surface area contributed by atoms with E-state index in [0.717, 1.165) is 5.69 Å². The van der Waals surface area contributed by atoms with Crippen LogP contribution in [-0.4, -0.2) is 18.2 Å². The quantitative estimate of drug-likeness (QED) is 0.302. The Bertz CT molecular complexity index is 452. The van der Waals surface area contributed by atoms with Gasteiger partial charge in [0.25, 0.3) is 5.69 Å². The highest BCUT2D eigenvalue weighted by atomic mass is 19.5. The van der Waals surface area contributed by atoms with Gasteiger partial charge in [0.2, 0.25) is 6.04 Å². The number of nitrogens with one attached hydrogen (secondary N) is 1. The number of nitrogens with zero attached hydrogens (tertiary/aromatic N) is 1. The second-order valence-electron chi connectivity index (χ2n) is 4.45. The van der Waals surface area contributed by atoms with E-state index in [1.54, 1.807) is 12.1 Å². The first-order valence-corrected chi connectivity index (χ1v) is 5.81. The summed E-state index contributed by atoms with van der Waals surface area (Å²) in [6, 6.07) is 6.97. The molecule has 0 amide bonds. The number of hydrogen-bond donors (Lipinski definition) is 1. The normalized spacial score (nSPS) is 20.8. The van der Waals surface area contributed by atoms with Gasteiger partial charge in [-0.1, -0.05) is 0 Å². The molecule has 1 aliphatic rings. The molecule has 1 aliphatic carbocycles. The van der Waals surface area contributed by atoms with Crippen LogP contribution in [0.5, 0.6) is 0 Å². The fourth-order valence-electron chi connectivity index (χ4n) is 1.66. The molecule has 0 aromatic heterocycles. The minimum absolute atomic E-state index is 0.130. The number of halogens is 4. The van der Waals surface area contributed by atoms with Crippen molar-refractivity contribution >= 4 is 18.6 Å². The maximum Gasteiger partial charge on any atom is 0.673 e. The van der Waals surface area contributed by atoms with Gasteiger partial charge >= 0.3 is 7.25 Å². The zero-order chi connectivity index (χ0) is 15.5. The summed E-state index contributed by atoms with van der Waals surface area (Å²) in [5.74, 6) is 2.05. The van der Waals surface area contributed by atoms with Crippen LogP contribution in [0.3, 0.4) is 0 Å². The lowest BCUT2D eigenvalue weighted by molar-refractivity contribution is -0.384. The highest BCUT2D eigenvalue weighted by Gasteiger charge is 2.57. The average molecular weight is 292 g/mol. The minimum atomic E-state index is -6.00. The average Bonchev–Trinajstić information content (AvgIpc) is 2.85. The highest BCUT2D eigenvalue weighted by Crippen LogP contribution is 2.42. The summed E-state index contributed by atoms with van der Waals surface area (Å²) in [4.78, 5) is 10.0. The van der Waals surface area contributed by atoms with Gasteiger partial charge in [0.1, 0.15) is 5.92 Å². The van der Waals surface area contributed by atoms with E-state index in [2.05, 4.69) is 19.2 Å². The smallest absolute Gasteiger partial charge is 0.418 e. The maximum absolute atomic E-state index is 10.4. The topological polar surface area (TPSA) is 55.2 Å². The van der Waals surface area contributed by atoms with Gasteiger partial charge in [-0.25, -0.2) is 0 Å². The molecule has 0 bridgehead atoms. The molecular weight excluding hydrogens is 279 g/mol. The first-order chi connectivity index (χ1) is 9.09. The second-order valence-corrected chi connectivity index (χ2v) is 4.45. The summed E-state index contributed by atoms with van der Waals surface area (Å²) >= 11 is 0. The zero-order valence-corrected chi connectivity index (χ0v) is 10.8. The number of nitro groups is 1. The Morgan fingerprint density at radius 3 is 1.95 bits per heavy atom. The molecule has 1 saturated carbocycles. The van der Waals surface area contributed by atoms with Crippen LogP contribution in [0.25, 0.3) is 0 Å². The fraction of sp³-hybridized carbons (Fsp3) is 0.364. The van der Waals surface area contributed by atoms with E-state index in [1.165, 1.54) is 18.1 Å². The molecular formula is C11H13BF4N2O2. The maximum atomic E-state index is 10.4. The molecule has 1 aromatic rings. The standard InChI is InChI=1S/C11H13N2O2.BF4/c1-7-8(2)11(7)12-9-3-5-10(6-4-9)13(14)15;2-1(3,4)5/h3-7,11-12H,1-2H3;/q+1;-1. The number of hydrogen-bond acceptors (Lipinski definition) is 3. The van der Waals surface area contributed by atoms with Gasteiger partial charge < -0.3 is 22.6 Å². The first kappa shape index (κ1) is 16.1. The number of anilines is 1. The minimum Gasteiger partial charge on any atom is -0.418 e. The van der Waals surface area contributed by atoms with Crippen molar-refractivity contribution in [3.05, 3.63) is 40.3 Å². The molecule has 1 N–H and O–H groups in total. The third kappa shape index (κ3) is 5.37. The van der Waals surface area contributed by atoms with E-state index in [1.807, 2.05) is 0 Å². The molecule has 2 atom stereocenters. The fourth-order valence-corrected chi connectivity index (χ4v) is 1.66. The predicted molar refractivity (Wildman–Crippen MR) is 68.8 cm³/mol. The number of nitro benzene ring substituents is 1. The molecule has 2 rings (SSSR count). The van der Waals surface area contributed by atoms with Crippen molar-refractivity contribution in [3.8, 4) is 0 Å². The summed E-state index contributed by atoms with van der Waals surface area (Å²) in [6.45, 7) is 4.28. The van der Waals surface area contributed by atoms with Crippen molar-refractivity contribution in [2.24, 2.45) is 5.92 Å². The molecule has 0 spiro atoms. The molecule has 20 heavy (non-hydrogen) atoms. The molecule has 110 valence electrons. The summed E-state index contributed by atoms with van der Waals surface area (Å²) in [7, 11) is -6.00. The first-order valence-electron chi connectivity index (χ1n) is 5.81. The largest absolute Gasteiger partial charge is 0.673 e. The highest BCUT2D eigenvalue weighted by molar-refractivity contribution is 6.50. The van der Waals surface area contributed by atoms with Crippen molar-refractivity contribution in [2.45, 2.75) is 19.9 Å². The van der Waals surface area contributed by atoms with E-state index < -0.39 is 7.25 Å². The van der Waals surface area contributed by atoms with E-state index >= 15 is 0 Å². The summed E-state index contributed by atoms with van der Waals surface area (Å²) in [5, 5.41) is 13.8. The number of non-ortho nitro benzene ring substituents is 1. The van der Waals surface area contributed by atoms with E-state index in [0.29, 0.717) is 12.0 Å². The van der Waals surface area contributed by atoms with Crippen molar-refractivity contribution in [3.63, 3.8) is 0 Å². The Labute approximate surface area is 113 Å². The van der Waals surface area contributed by atoms with Gasteiger partial charge in [-0.15, -0.1) is 0 Å². The van der Waals surface area contributed by atoms with Crippen LogP contribution in [-0.2, 0) is 0 Å². The molecule has 0 radical (unpaired) electrons. The van der Waals surface area contributed by atoms with Crippen molar-refractivity contribution in [1.82, 2.24) is 0 Å². The van der Waals surface area contributed by atoms with Crippen LogP contribution in [0.4, 0.5) is 28.6 Å². The van der Waals surface area contributed by atoms with E-state index in [-0.39, 0.29) is 10.6 Å².